The molecule has 0 aromatic rings. The van der Waals surface area contributed by atoms with Gasteiger partial charge in [0.05, 0.1) is 0 Å². The smallest absolute Gasteiger partial charge is 0 e. The Hall–Kier alpha value is 2.68. The van der Waals surface area contributed by atoms with Crippen molar-refractivity contribution in [2.75, 3.05) is 0 Å². The normalized spacial score (nSPS) is 0.750. The van der Waals surface area contributed by atoms with Gasteiger partial charge in [0.25, 0.3) is 0 Å². The van der Waals surface area contributed by atoms with Crippen LogP contribution in [-0.4, -0.2) is 3.18 Å². The minimum atomic E-state index is 0. The fraction of sp³-hybridized carbons (Fsp3) is 0. The zero-order valence-corrected chi connectivity index (χ0v) is 7.95. The maximum absolute atomic E-state index is 2.14. The van der Waals surface area contributed by atoms with Crippen LogP contribution in [0.3, 0.4) is 0 Å². The van der Waals surface area contributed by atoms with E-state index in [1.165, 1.54) is 38.5 Å². The third-order valence-electron chi connectivity index (χ3n) is 0. The van der Waals surface area contributed by atoms with Crippen molar-refractivity contribution in [3.05, 3.63) is 0 Å². The van der Waals surface area contributed by atoms with E-state index in [1.807, 2.05) is 0 Å². The average Bonchev–Trinajstić information content (AvgIpc) is 1.00. The molecule has 0 saturated heterocycles. The Morgan fingerprint density at radius 3 is 1.25 bits per heavy atom. The number of rotatable bonds is 0. The van der Waals surface area contributed by atoms with E-state index in [9.17, 15) is 0 Å². The summed E-state index contributed by atoms with van der Waals surface area (Å²) in [4.78, 5) is 0. The summed E-state index contributed by atoms with van der Waals surface area (Å²) in [6.07, 6.45) is 0. The zero-order valence-electron chi connectivity index (χ0n) is 2.16. The summed E-state index contributed by atoms with van der Waals surface area (Å²) >= 11 is 1.31. The quantitative estimate of drug-likeness (QED) is 0.507. The van der Waals surface area contributed by atoms with Crippen molar-refractivity contribution in [1.82, 2.24) is 0 Å². The van der Waals surface area contributed by atoms with Crippen LogP contribution in [0.25, 0.3) is 0 Å². The van der Waals surface area contributed by atoms with Crippen molar-refractivity contribution in [2.24, 2.45) is 0 Å². The van der Waals surface area contributed by atoms with E-state index in [-0.39, 0.29) is 39.4 Å². The topological polar surface area (TPSA) is 0 Å². The molecule has 0 aliphatic carbocycles. The molecule has 0 aliphatic heterocycles. The minimum absolute atomic E-state index is 0. The van der Waals surface area contributed by atoms with Gasteiger partial charge in [-0.2, -0.15) is 0 Å². The van der Waals surface area contributed by atoms with Crippen LogP contribution in [0.1, 0.15) is 0 Å². The standard InChI is InChI=1S/Ag.BH2.Fe.Nd/h;1H2;;/q;+1;;-1. The molecule has 0 aliphatic rings. The average molecular weight is 321 g/mol. The second-order valence-electron chi connectivity index (χ2n) is 0. The van der Waals surface area contributed by atoms with Crippen molar-refractivity contribution in [3.8, 4) is 0 Å². The maximum atomic E-state index is 2.14. The molecule has 0 heterocycles. The first-order valence-electron chi connectivity index (χ1n) is 0.500. The Labute approximate surface area is 79.3 Å². The largest absolute Gasteiger partial charge is 0 e. The Kier molecular flexibility index (Phi) is 69.0. The van der Waals surface area contributed by atoms with E-state index in [4.69, 9.17) is 0 Å². The summed E-state index contributed by atoms with van der Waals surface area (Å²) in [7, 11) is 0. The molecule has 0 nitrogen and oxygen atoms in total. The zero-order chi connectivity index (χ0) is 2.00. The van der Waals surface area contributed by atoms with Crippen LogP contribution in [0.2, 0.25) is 0 Å². The van der Waals surface area contributed by atoms with Gasteiger partial charge in [-0.3, -0.25) is 0 Å². The maximum Gasteiger partial charge on any atom is 0 e. The molecule has 28 valence electrons. The molecule has 0 aromatic carbocycles. The molecule has 0 aromatic heterocycles. The van der Waals surface area contributed by atoms with Crippen molar-refractivity contribution in [3.63, 3.8) is 0 Å². The van der Waals surface area contributed by atoms with Gasteiger partial charge in [0, 0.05) is 39.4 Å². The number of hydrogen-bond donors (Lipinski definition) is 0. The van der Waals surface area contributed by atoms with Gasteiger partial charge >= 0.3 is 41.7 Å². The summed E-state index contributed by atoms with van der Waals surface area (Å²) in [6, 6.07) is 0. The van der Waals surface area contributed by atoms with E-state index >= 15 is 0 Å². The van der Waals surface area contributed by atoms with Crippen LogP contribution in [0.4, 0.5) is 0 Å². The van der Waals surface area contributed by atoms with Crippen LogP contribution >= 0.6 is 0 Å². The summed E-state index contributed by atoms with van der Waals surface area (Å²) in [6.45, 7) is 0. The molecule has 0 spiro atoms. The first kappa shape index (κ1) is 15.9. The molecule has 4 heavy (non-hydrogen) atoms. The van der Waals surface area contributed by atoms with E-state index < -0.39 is 0 Å². The molecule has 0 atom stereocenters. The van der Waals surface area contributed by atoms with Gasteiger partial charge in [0.2, 0.25) is 0 Å². The molecule has 0 bridgehead atoms. The van der Waals surface area contributed by atoms with Crippen molar-refractivity contribution in [1.29, 1.82) is 0 Å². The van der Waals surface area contributed by atoms with Gasteiger partial charge in [-0.25, -0.2) is 0 Å². The molecule has 0 amide bonds. The molecular weight excluding hydrogens is 319 g/mol. The van der Waals surface area contributed by atoms with Crippen LogP contribution < -0.4 is 0 Å². The fourth-order valence-corrected chi connectivity index (χ4v) is 0. The van der Waals surface area contributed by atoms with Gasteiger partial charge in [0.15, 0.2) is 0 Å². The summed E-state index contributed by atoms with van der Waals surface area (Å²) in [5.74, 6) is 0. The second-order valence-corrected chi connectivity index (χ2v) is 0. The summed E-state index contributed by atoms with van der Waals surface area (Å²) in [5.41, 5.74) is 0. The molecule has 0 fully saturated rings. The van der Waals surface area contributed by atoms with Crippen molar-refractivity contribution >= 4 is 3.18 Å². The Balaban J connectivity index is -0.00000000500. The van der Waals surface area contributed by atoms with Crippen molar-refractivity contribution < 1.29 is 77.9 Å². The number of hydrogen-bond acceptors (Lipinski definition) is 0. The van der Waals surface area contributed by atoms with Gasteiger partial charge < -0.3 is 0 Å². The second kappa shape index (κ2) is 17.3. The van der Waals surface area contributed by atoms with Gasteiger partial charge in [-0.15, -0.1) is 0 Å². The predicted octanol–water partition coefficient (Wildman–Crippen LogP) is -0.921. The van der Waals surface area contributed by atoms with Crippen molar-refractivity contribution in [2.45, 2.75) is 0 Å². The first-order chi connectivity index (χ1) is 1.00. The fourth-order valence-electron chi connectivity index (χ4n) is 0. The van der Waals surface area contributed by atoms with E-state index in [0.29, 0.717) is 0 Å². The van der Waals surface area contributed by atoms with Crippen LogP contribution in [0.15, 0.2) is 0 Å². The Morgan fingerprint density at radius 2 is 1.25 bits per heavy atom. The summed E-state index contributed by atoms with van der Waals surface area (Å²) in [5, 5.41) is 0. The molecule has 4 heteroatoms. The van der Waals surface area contributed by atoms with Gasteiger partial charge in [-0.05, 0) is 0 Å². The van der Waals surface area contributed by atoms with Gasteiger partial charge in [-0.1, -0.05) is 0 Å². The Morgan fingerprint density at radius 1 is 1.25 bits per heavy atom. The predicted molar refractivity (Wildman–Crippen MR) is 8.54 cm³/mol. The van der Waals surface area contributed by atoms with E-state index in [2.05, 4.69) is 3.18 Å². The molecule has 1 radical (unpaired) electrons. The molecule has 0 N–H and O–H groups in total. The molecular formula is H2AgBFeNd. The Bertz CT molecular complexity index is 8.00. The SMILES string of the molecule is [Ag].[BH2][Nd].[Fe]. The van der Waals surface area contributed by atoms with Crippen LogP contribution in [-0.2, 0) is 39.4 Å². The third-order valence-corrected chi connectivity index (χ3v) is 0. The van der Waals surface area contributed by atoms with Gasteiger partial charge in [0.1, 0.15) is 0 Å². The first-order valence-corrected chi connectivity index (χ1v) is 3.71. The third kappa shape index (κ3) is 8.82. The molecule has 0 unspecified atom stereocenters. The van der Waals surface area contributed by atoms with Crippen LogP contribution in [0, 0.1) is 38.5 Å². The summed E-state index contributed by atoms with van der Waals surface area (Å²) < 4.78 is 2.14. The van der Waals surface area contributed by atoms with E-state index in [1.54, 1.807) is 0 Å². The van der Waals surface area contributed by atoms with E-state index in [0.717, 1.165) is 0 Å². The minimum Gasteiger partial charge on any atom is 0 e. The monoisotopic (exact) mass is 318 g/mol. The van der Waals surface area contributed by atoms with Crippen LogP contribution in [0.5, 0.6) is 0 Å². The molecule has 0 saturated carbocycles. The molecule has 0 rings (SSSR count).